The van der Waals surface area contributed by atoms with Gasteiger partial charge in [-0.1, -0.05) is 46.3 Å². The Hall–Kier alpha value is -1.68. The van der Waals surface area contributed by atoms with Crippen LogP contribution in [0.15, 0.2) is 34.7 Å². The summed E-state index contributed by atoms with van der Waals surface area (Å²) in [5.74, 6) is -0.513. The Morgan fingerprint density at radius 1 is 1.42 bits per heavy atom. The van der Waals surface area contributed by atoms with Gasteiger partial charge in [-0.05, 0) is 6.42 Å². The van der Waals surface area contributed by atoms with E-state index in [1.54, 1.807) is 24.3 Å². The van der Waals surface area contributed by atoms with Gasteiger partial charge < -0.3 is 14.3 Å². The molecule has 0 aliphatic rings. The largest absolute Gasteiger partial charge is 0.502 e. The molecule has 130 valence electrons. The fourth-order valence-corrected chi connectivity index (χ4v) is 2.88. The predicted molar refractivity (Wildman–Crippen MR) is 92.2 cm³/mol. The third kappa shape index (κ3) is 4.67. The highest BCUT2D eigenvalue weighted by Gasteiger charge is 2.28. The molecular weight excluding hydrogens is 402 g/mol. The molecule has 0 amide bonds. The molecule has 0 aliphatic heterocycles. The Bertz CT molecular complexity index is 733. The summed E-state index contributed by atoms with van der Waals surface area (Å²) in [6.45, 7) is 1.43. The van der Waals surface area contributed by atoms with Crippen molar-refractivity contribution in [2.75, 3.05) is 6.54 Å². The van der Waals surface area contributed by atoms with E-state index in [0.29, 0.717) is 12.0 Å². The average molecular weight is 418 g/mol. The average Bonchev–Trinajstić information content (AvgIpc) is 2.84. The summed E-state index contributed by atoms with van der Waals surface area (Å²) >= 11 is 1.26. The summed E-state index contributed by atoms with van der Waals surface area (Å²) in [6.07, 6.45) is 0.363. The minimum Gasteiger partial charge on any atom is -0.502 e. The van der Waals surface area contributed by atoms with Gasteiger partial charge in [-0.15, -0.1) is 0 Å². The lowest BCUT2D eigenvalue weighted by Crippen LogP contribution is -2.18. The number of hydrogen-bond donors (Lipinski definition) is 3. The van der Waals surface area contributed by atoms with E-state index in [1.165, 1.54) is 6.92 Å². The molecule has 0 radical (unpaired) electrons. The Morgan fingerprint density at radius 3 is 2.67 bits per heavy atom. The highest BCUT2D eigenvalue weighted by Crippen LogP contribution is 2.47. The number of carbonyl (C=O) groups is 1. The molecule has 1 aromatic carbocycles. The predicted octanol–water partition coefficient (Wildman–Crippen LogP) is 3.13. The van der Waals surface area contributed by atoms with Crippen molar-refractivity contribution in [3.05, 3.63) is 36.1 Å². The summed E-state index contributed by atoms with van der Waals surface area (Å²) in [7, 11) is 0. The van der Waals surface area contributed by atoms with Crippen molar-refractivity contribution in [2.45, 2.75) is 18.2 Å². The van der Waals surface area contributed by atoms with Crippen LogP contribution in [0.2, 0.25) is 0 Å². The summed E-state index contributed by atoms with van der Waals surface area (Å²) in [5, 5.41) is 10.4. The first-order valence-corrected chi connectivity index (χ1v) is 9.00. The molecule has 0 saturated heterocycles. The van der Waals surface area contributed by atoms with Crippen molar-refractivity contribution in [3.8, 4) is 22.8 Å². The monoisotopic (exact) mass is 417 g/mol. The normalized spacial score (nSPS) is 13.5. The summed E-state index contributed by atoms with van der Waals surface area (Å²) in [5.41, 5.74) is 0.629. The first kappa shape index (κ1) is 18.7. The van der Waals surface area contributed by atoms with Crippen LogP contribution in [0, 0.1) is 0 Å². The molecule has 2 rings (SSSR count). The molecular formula is C15H16BrNO6S. The first-order valence-electron chi connectivity index (χ1n) is 6.98. The van der Waals surface area contributed by atoms with Gasteiger partial charge >= 0.3 is 5.97 Å². The molecule has 0 aliphatic carbocycles. The van der Waals surface area contributed by atoms with Gasteiger partial charge in [-0.2, -0.15) is 0 Å². The highest BCUT2D eigenvalue weighted by atomic mass is 79.9. The van der Waals surface area contributed by atoms with Crippen molar-refractivity contribution in [1.82, 2.24) is 4.72 Å². The van der Waals surface area contributed by atoms with E-state index in [1.807, 2.05) is 6.07 Å². The van der Waals surface area contributed by atoms with Gasteiger partial charge in [-0.3, -0.25) is 9.35 Å². The van der Waals surface area contributed by atoms with Crippen molar-refractivity contribution in [1.29, 1.82) is 0 Å². The second kappa shape index (κ2) is 8.43. The molecule has 7 nitrogen and oxygen atoms in total. The van der Waals surface area contributed by atoms with Gasteiger partial charge in [0.25, 0.3) is 0 Å². The molecule has 1 aromatic heterocycles. The zero-order chi connectivity index (χ0) is 17.7. The lowest BCUT2D eigenvalue weighted by atomic mass is 10.1. The van der Waals surface area contributed by atoms with E-state index in [4.69, 9.17) is 13.7 Å². The van der Waals surface area contributed by atoms with Crippen molar-refractivity contribution < 1.29 is 27.8 Å². The molecule has 0 bridgehead atoms. The lowest BCUT2D eigenvalue weighted by molar-refractivity contribution is -0.132. The van der Waals surface area contributed by atoms with E-state index < -0.39 is 22.1 Å². The number of furan rings is 1. The number of carbonyl (C=O) groups excluding carboxylic acids is 1. The van der Waals surface area contributed by atoms with Crippen LogP contribution in [0.3, 0.4) is 0 Å². The molecule has 0 spiro atoms. The zero-order valence-electron chi connectivity index (χ0n) is 12.7. The quantitative estimate of drug-likeness (QED) is 0.362. The van der Waals surface area contributed by atoms with Crippen LogP contribution in [0.1, 0.15) is 23.9 Å². The van der Waals surface area contributed by atoms with Crippen LogP contribution in [0.4, 0.5) is 0 Å². The van der Waals surface area contributed by atoms with Crippen LogP contribution in [0.5, 0.6) is 11.5 Å². The third-order valence-corrected chi connectivity index (χ3v) is 4.38. The van der Waals surface area contributed by atoms with Gasteiger partial charge in [0.2, 0.25) is 22.8 Å². The number of hydrogen-bond acceptors (Lipinski definition) is 5. The second-order valence-electron chi connectivity index (χ2n) is 4.83. The van der Waals surface area contributed by atoms with Gasteiger partial charge in [0.15, 0.2) is 11.5 Å². The molecule has 2 atom stereocenters. The molecule has 9 heteroatoms. The van der Waals surface area contributed by atoms with E-state index in [2.05, 4.69) is 20.7 Å². The minimum absolute atomic E-state index is 0.0617. The lowest BCUT2D eigenvalue weighted by Gasteiger charge is -2.08. The standard InChI is InChI=1S/C15H16BrNO6S/c1-9(18)22-15-12(19)13(10-5-3-2-4-6-10)23-14(15)11(16)7-8-17-24(20)21/h2-6,11,17,19H,7-8H2,1H3,(H,20,21). The molecule has 0 fully saturated rings. The Morgan fingerprint density at radius 2 is 2.08 bits per heavy atom. The number of rotatable bonds is 7. The maximum atomic E-state index is 11.3. The van der Waals surface area contributed by atoms with Crippen LogP contribution < -0.4 is 9.46 Å². The van der Waals surface area contributed by atoms with Crippen molar-refractivity contribution in [2.24, 2.45) is 0 Å². The number of esters is 1. The van der Waals surface area contributed by atoms with E-state index in [0.717, 1.165) is 0 Å². The SMILES string of the molecule is CC(=O)Oc1c(C(Br)CCNS(=O)O)oc(-c2ccccc2)c1O. The number of benzene rings is 1. The van der Waals surface area contributed by atoms with E-state index >= 15 is 0 Å². The fraction of sp³-hybridized carbons (Fsp3) is 0.267. The van der Waals surface area contributed by atoms with Crippen LogP contribution >= 0.6 is 15.9 Å². The number of nitrogens with one attached hydrogen (secondary N) is 1. The van der Waals surface area contributed by atoms with Crippen LogP contribution in [-0.2, 0) is 16.1 Å². The second-order valence-corrected chi connectivity index (χ2v) is 6.72. The van der Waals surface area contributed by atoms with Gasteiger partial charge in [0.05, 0.1) is 4.83 Å². The van der Waals surface area contributed by atoms with E-state index in [9.17, 15) is 14.1 Å². The van der Waals surface area contributed by atoms with Gasteiger partial charge in [0, 0.05) is 19.0 Å². The number of ether oxygens (including phenoxy) is 1. The van der Waals surface area contributed by atoms with Crippen molar-refractivity contribution in [3.63, 3.8) is 0 Å². The molecule has 2 aromatic rings. The fourth-order valence-electron chi connectivity index (χ4n) is 2.06. The van der Waals surface area contributed by atoms with E-state index in [-0.39, 0.29) is 29.6 Å². The maximum Gasteiger partial charge on any atom is 0.308 e. The summed E-state index contributed by atoms with van der Waals surface area (Å²) < 4.78 is 32.5. The van der Waals surface area contributed by atoms with Gasteiger partial charge in [0.1, 0.15) is 0 Å². The number of aromatic hydroxyl groups is 1. The van der Waals surface area contributed by atoms with Crippen LogP contribution in [0.25, 0.3) is 11.3 Å². The molecule has 1 heterocycles. The first-order chi connectivity index (χ1) is 11.4. The maximum absolute atomic E-state index is 11.3. The Balaban J connectivity index is 2.34. The summed E-state index contributed by atoms with van der Waals surface area (Å²) in [4.78, 5) is 10.9. The Kier molecular flexibility index (Phi) is 6.55. The molecule has 3 N–H and O–H groups in total. The third-order valence-electron chi connectivity index (χ3n) is 3.06. The zero-order valence-corrected chi connectivity index (χ0v) is 15.1. The highest BCUT2D eigenvalue weighted by molar-refractivity contribution is 9.09. The number of halogens is 1. The van der Waals surface area contributed by atoms with Crippen molar-refractivity contribution >= 4 is 33.2 Å². The minimum atomic E-state index is -2.12. The molecule has 0 saturated carbocycles. The topological polar surface area (TPSA) is 109 Å². The van der Waals surface area contributed by atoms with Crippen LogP contribution in [-0.4, -0.2) is 26.4 Å². The molecule has 24 heavy (non-hydrogen) atoms. The summed E-state index contributed by atoms with van der Waals surface area (Å²) in [6, 6.07) is 8.90. The van der Waals surface area contributed by atoms with Gasteiger partial charge in [-0.25, -0.2) is 8.93 Å². The smallest absolute Gasteiger partial charge is 0.308 e. The Labute approximate surface area is 149 Å². The molecule has 2 unspecified atom stereocenters. The number of alkyl halides is 1.